The van der Waals surface area contributed by atoms with Crippen LogP contribution in [0.5, 0.6) is 0 Å². The third-order valence-electron chi connectivity index (χ3n) is 4.86. The van der Waals surface area contributed by atoms with E-state index in [1.807, 2.05) is 30.3 Å². The fourth-order valence-electron chi connectivity index (χ4n) is 3.82. The van der Waals surface area contributed by atoms with Crippen molar-refractivity contribution in [2.45, 2.75) is 44.6 Å². The molecule has 1 aliphatic heterocycles. The fraction of sp³-hybridized carbons (Fsp3) is 0.500. The molecule has 0 spiro atoms. The Balaban J connectivity index is 1.69. The molecule has 0 bridgehead atoms. The molecule has 1 aliphatic carbocycles. The van der Waals surface area contributed by atoms with E-state index in [4.69, 9.17) is 5.73 Å². The zero-order valence-corrected chi connectivity index (χ0v) is 12.5. The lowest BCUT2D eigenvalue weighted by molar-refractivity contribution is -0.132. The van der Waals surface area contributed by atoms with Crippen molar-refractivity contribution in [3.8, 4) is 0 Å². The Morgan fingerprint density at radius 2 is 2.00 bits per heavy atom. The standard InChI is InChI=1S/C18H24N2O/c19-16-8-3-5-14(13-16)10-11-18(21)20-12-4-7-15-6-1-2-9-17(15)20/h3,5,8,10-11,13,15,17H,1-2,4,6-7,9,12,19H2/b11-10+. The number of amides is 1. The molecule has 1 amide bonds. The molecular formula is C18H24N2O. The first kappa shape index (κ1) is 14.2. The van der Waals surface area contributed by atoms with Crippen molar-refractivity contribution in [3.05, 3.63) is 35.9 Å². The maximum absolute atomic E-state index is 12.5. The van der Waals surface area contributed by atoms with Crippen molar-refractivity contribution in [1.29, 1.82) is 0 Å². The Bertz CT molecular complexity index is 536. The summed E-state index contributed by atoms with van der Waals surface area (Å²) in [5.41, 5.74) is 7.48. The number of anilines is 1. The number of carbonyl (C=O) groups excluding carboxylic acids is 1. The first-order valence-electron chi connectivity index (χ1n) is 8.08. The lowest BCUT2D eigenvalue weighted by Gasteiger charge is -2.43. The second kappa shape index (κ2) is 6.33. The molecule has 3 heteroatoms. The predicted molar refractivity (Wildman–Crippen MR) is 86.6 cm³/mol. The first-order valence-corrected chi connectivity index (χ1v) is 8.08. The monoisotopic (exact) mass is 284 g/mol. The van der Waals surface area contributed by atoms with Gasteiger partial charge in [0.25, 0.3) is 0 Å². The van der Waals surface area contributed by atoms with E-state index in [2.05, 4.69) is 4.90 Å². The van der Waals surface area contributed by atoms with E-state index >= 15 is 0 Å². The van der Waals surface area contributed by atoms with Crippen LogP contribution >= 0.6 is 0 Å². The Hall–Kier alpha value is -1.77. The van der Waals surface area contributed by atoms with Crippen LogP contribution in [0.3, 0.4) is 0 Å². The van der Waals surface area contributed by atoms with Crippen LogP contribution in [0.15, 0.2) is 30.3 Å². The average Bonchev–Trinajstić information content (AvgIpc) is 2.52. The van der Waals surface area contributed by atoms with Gasteiger partial charge in [-0.15, -0.1) is 0 Å². The largest absolute Gasteiger partial charge is 0.399 e. The third-order valence-corrected chi connectivity index (χ3v) is 4.86. The summed E-state index contributed by atoms with van der Waals surface area (Å²) in [4.78, 5) is 14.6. The minimum absolute atomic E-state index is 0.161. The molecular weight excluding hydrogens is 260 g/mol. The molecule has 1 aromatic rings. The first-order chi connectivity index (χ1) is 10.2. The van der Waals surface area contributed by atoms with Crippen molar-refractivity contribution < 1.29 is 4.79 Å². The van der Waals surface area contributed by atoms with Crippen molar-refractivity contribution in [2.75, 3.05) is 12.3 Å². The maximum atomic E-state index is 12.5. The molecule has 1 saturated heterocycles. The predicted octanol–water partition coefficient (Wildman–Crippen LogP) is 3.46. The summed E-state index contributed by atoms with van der Waals surface area (Å²) >= 11 is 0. The zero-order valence-electron chi connectivity index (χ0n) is 12.5. The van der Waals surface area contributed by atoms with E-state index in [-0.39, 0.29) is 5.91 Å². The number of nitrogen functional groups attached to an aromatic ring is 1. The summed E-state index contributed by atoms with van der Waals surface area (Å²) in [5, 5.41) is 0. The number of fused-ring (bicyclic) bond motifs is 1. The number of piperidine rings is 1. The molecule has 3 nitrogen and oxygen atoms in total. The van der Waals surface area contributed by atoms with Crippen LogP contribution < -0.4 is 5.73 Å². The highest BCUT2D eigenvalue weighted by Gasteiger charge is 2.34. The SMILES string of the molecule is Nc1cccc(/C=C/C(=O)N2CCCC3CCCCC32)c1. The Kier molecular flexibility index (Phi) is 4.28. The second-order valence-corrected chi connectivity index (χ2v) is 6.29. The lowest BCUT2D eigenvalue weighted by atomic mass is 9.78. The van der Waals surface area contributed by atoms with Crippen molar-refractivity contribution in [1.82, 2.24) is 4.90 Å². The molecule has 0 aromatic heterocycles. The fourth-order valence-corrected chi connectivity index (χ4v) is 3.82. The third kappa shape index (κ3) is 3.29. The summed E-state index contributed by atoms with van der Waals surface area (Å²) in [6, 6.07) is 8.11. The van der Waals surface area contributed by atoms with Crippen molar-refractivity contribution in [2.24, 2.45) is 5.92 Å². The van der Waals surface area contributed by atoms with Gasteiger partial charge in [-0.25, -0.2) is 0 Å². The molecule has 0 radical (unpaired) electrons. The smallest absolute Gasteiger partial charge is 0.246 e. The van der Waals surface area contributed by atoms with Crippen molar-refractivity contribution in [3.63, 3.8) is 0 Å². The highest BCUT2D eigenvalue weighted by Crippen LogP contribution is 2.35. The lowest BCUT2D eigenvalue weighted by Crippen LogP contribution is -2.49. The number of nitrogens with zero attached hydrogens (tertiary/aromatic N) is 1. The molecule has 21 heavy (non-hydrogen) atoms. The molecule has 1 saturated carbocycles. The number of carbonyl (C=O) groups is 1. The molecule has 3 rings (SSSR count). The normalized spacial score (nSPS) is 25.8. The minimum Gasteiger partial charge on any atom is -0.399 e. The van der Waals surface area contributed by atoms with Gasteiger partial charge in [-0.2, -0.15) is 0 Å². The molecule has 112 valence electrons. The Labute approximate surface area is 126 Å². The zero-order chi connectivity index (χ0) is 14.7. The van der Waals surface area contributed by atoms with E-state index in [9.17, 15) is 4.79 Å². The van der Waals surface area contributed by atoms with Gasteiger partial charge in [0, 0.05) is 24.4 Å². The van der Waals surface area contributed by atoms with Gasteiger partial charge in [0.2, 0.25) is 5.91 Å². The molecule has 2 aliphatic rings. The van der Waals surface area contributed by atoms with Crippen LogP contribution in [-0.4, -0.2) is 23.4 Å². The maximum Gasteiger partial charge on any atom is 0.246 e. The number of hydrogen-bond acceptors (Lipinski definition) is 2. The van der Waals surface area contributed by atoms with Gasteiger partial charge in [0.05, 0.1) is 0 Å². The topological polar surface area (TPSA) is 46.3 Å². The van der Waals surface area contributed by atoms with Crippen LogP contribution in [0.1, 0.15) is 44.1 Å². The van der Waals surface area contributed by atoms with Crippen LogP contribution in [0, 0.1) is 5.92 Å². The molecule has 2 fully saturated rings. The van der Waals surface area contributed by atoms with E-state index in [1.54, 1.807) is 6.08 Å². The molecule has 1 heterocycles. The summed E-state index contributed by atoms with van der Waals surface area (Å²) in [7, 11) is 0. The number of likely N-dealkylation sites (tertiary alicyclic amines) is 1. The summed E-state index contributed by atoms with van der Waals surface area (Å²) in [6.07, 6.45) is 11.1. The van der Waals surface area contributed by atoms with Gasteiger partial charge in [0.1, 0.15) is 0 Å². The van der Waals surface area contributed by atoms with Gasteiger partial charge in [-0.05, 0) is 55.4 Å². The molecule has 2 N–H and O–H groups in total. The van der Waals surface area contributed by atoms with Gasteiger partial charge in [-0.3, -0.25) is 4.79 Å². The summed E-state index contributed by atoms with van der Waals surface area (Å²) in [6.45, 7) is 0.918. The van der Waals surface area contributed by atoms with Crippen LogP contribution in [0.2, 0.25) is 0 Å². The number of nitrogens with two attached hydrogens (primary N) is 1. The van der Waals surface area contributed by atoms with Gasteiger partial charge in [0.15, 0.2) is 0 Å². The van der Waals surface area contributed by atoms with Gasteiger partial charge < -0.3 is 10.6 Å². The highest BCUT2D eigenvalue weighted by atomic mass is 16.2. The number of benzene rings is 1. The minimum atomic E-state index is 0.161. The van der Waals surface area contributed by atoms with Crippen LogP contribution in [-0.2, 0) is 4.79 Å². The molecule has 2 unspecified atom stereocenters. The number of hydrogen-bond donors (Lipinski definition) is 1. The van der Waals surface area contributed by atoms with Gasteiger partial charge in [-0.1, -0.05) is 25.0 Å². The highest BCUT2D eigenvalue weighted by molar-refractivity contribution is 5.92. The Morgan fingerprint density at radius 3 is 2.86 bits per heavy atom. The molecule has 1 aromatic carbocycles. The summed E-state index contributed by atoms with van der Waals surface area (Å²) < 4.78 is 0. The van der Waals surface area contributed by atoms with E-state index in [1.165, 1.54) is 32.1 Å². The average molecular weight is 284 g/mol. The number of rotatable bonds is 2. The second-order valence-electron chi connectivity index (χ2n) is 6.29. The van der Waals surface area contributed by atoms with E-state index in [0.717, 1.165) is 30.1 Å². The van der Waals surface area contributed by atoms with Crippen molar-refractivity contribution >= 4 is 17.7 Å². The van der Waals surface area contributed by atoms with Crippen LogP contribution in [0.25, 0.3) is 6.08 Å². The quantitative estimate of drug-likeness (QED) is 0.667. The van der Waals surface area contributed by atoms with E-state index < -0.39 is 0 Å². The summed E-state index contributed by atoms with van der Waals surface area (Å²) in [5.74, 6) is 0.895. The van der Waals surface area contributed by atoms with E-state index in [0.29, 0.717) is 6.04 Å². The molecule has 2 atom stereocenters. The Morgan fingerprint density at radius 1 is 1.19 bits per heavy atom. The van der Waals surface area contributed by atoms with Gasteiger partial charge >= 0.3 is 0 Å². The van der Waals surface area contributed by atoms with Crippen LogP contribution in [0.4, 0.5) is 5.69 Å².